The van der Waals surface area contributed by atoms with Gasteiger partial charge in [0.1, 0.15) is 6.33 Å². The molecule has 1 aromatic heterocycles. The minimum Gasteiger partial charge on any atom is -0.376 e. The van der Waals surface area contributed by atoms with E-state index in [9.17, 15) is 4.79 Å². The molecule has 3 rings (SSSR count). The number of benzene rings is 1. The summed E-state index contributed by atoms with van der Waals surface area (Å²) in [4.78, 5) is 12.5. The Morgan fingerprint density at radius 2 is 2.29 bits per heavy atom. The van der Waals surface area contributed by atoms with E-state index in [4.69, 9.17) is 4.74 Å². The third-order valence-electron chi connectivity index (χ3n) is 3.52. The van der Waals surface area contributed by atoms with E-state index in [2.05, 4.69) is 20.8 Å². The maximum Gasteiger partial charge on any atom is 0.249 e. The Balaban J connectivity index is 1.74. The van der Waals surface area contributed by atoms with E-state index >= 15 is 0 Å². The highest BCUT2D eigenvalue weighted by molar-refractivity contribution is 5.83. The second kappa shape index (κ2) is 6.45. The quantitative estimate of drug-likeness (QED) is 0.869. The van der Waals surface area contributed by atoms with Crippen molar-refractivity contribution in [2.24, 2.45) is 0 Å². The average molecular weight is 287 g/mol. The van der Waals surface area contributed by atoms with Crippen molar-refractivity contribution < 1.29 is 9.53 Å². The number of nitrogens with zero attached hydrogens (tertiary/aromatic N) is 4. The van der Waals surface area contributed by atoms with E-state index in [-0.39, 0.29) is 12.0 Å². The van der Waals surface area contributed by atoms with Crippen LogP contribution in [0.3, 0.4) is 0 Å². The summed E-state index contributed by atoms with van der Waals surface area (Å²) in [5.74, 6) is -0.135. The molecule has 1 aromatic carbocycles. The highest BCUT2D eigenvalue weighted by Gasteiger charge is 2.25. The normalized spacial score (nSPS) is 19.3. The zero-order chi connectivity index (χ0) is 14.5. The number of aromatic nitrogens is 4. The molecule has 1 fully saturated rings. The van der Waals surface area contributed by atoms with Crippen LogP contribution < -0.4 is 5.32 Å². The molecule has 0 saturated carbocycles. The first kappa shape index (κ1) is 13.7. The molecule has 1 aliphatic rings. The molecule has 1 N–H and O–H groups in total. The van der Waals surface area contributed by atoms with Crippen LogP contribution in [0.15, 0.2) is 36.7 Å². The van der Waals surface area contributed by atoms with Gasteiger partial charge in [-0.3, -0.25) is 4.79 Å². The predicted octanol–water partition coefficient (Wildman–Crippen LogP) is 0.558. The maximum absolute atomic E-state index is 12.5. The van der Waals surface area contributed by atoms with Crippen LogP contribution >= 0.6 is 0 Å². The molecule has 0 radical (unpaired) electrons. The molecule has 0 spiro atoms. The molecule has 1 aliphatic heterocycles. The number of carbonyl (C=O) groups excluding carboxylic acids is 1. The van der Waals surface area contributed by atoms with Gasteiger partial charge in [0.2, 0.25) is 5.91 Å². The molecule has 1 amide bonds. The van der Waals surface area contributed by atoms with Crippen molar-refractivity contribution in [1.82, 2.24) is 25.5 Å². The van der Waals surface area contributed by atoms with Crippen LogP contribution in [0.1, 0.15) is 24.4 Å². The summed E-state index contributed by atoms with van der Waals surface area (Å²) in [5, 5.41) is 14.0. The van der Waals surface area contributed by atoms with Gasteiger partial charge in [0.15, 0.2) is 6.04 Å². The van der Waals surface area contributed by atoms with Gasteiger partial charge in [-0.2, -0.15) is 0 Å². The third kappa shape index (κ3) is 3.25. The van der Waals surface area contributed by atoms with Crippen LogP contribution in [0.4, 0.5) is 0 Å². The number of rotatable bonds is 5. The lowest BCUT2D eigenvalue weighted by molar-refractivity contribution is -0.124. The molecule has 7 heteroatoms. The molecule has 2 heterocycles. The van der Waals surface area contributed by atoms with E-state index in [0.29, 0.717) is 6.54 Å². The van der Waals surface area contributed by atoms with E-state index in [1.807, 2.05) is 30.3 Å². The van der Waals surface area contributed by atoms with Gasteiger partial charge < -0.3 is 10.1 Å². The van der Waals surface area contributed by atoms with Gasteiger partial charge in [-0.1, -0.05) is 30.3 Å². The van der Waals surface area contributed by atoms with E-state index < -0.39 is 6.04 Å². The summed E-state index contributed by atoms with van der Waals surface area (Å²) < 4.78 is 6.98. The van der Waals surface area contributed by atoms with E-state index in [0.717, 1.165) is 25.0 Å². The Labute approximate surface area is 122 Å². The van der Waals surface area contributed by atoms with Crippen LogP contribution in [0, 0.1) is 0 Å². The smallest absolute Gasteiger partial charge is 0.249 e. The fraction of sp³-hybridized carbons (Fsp3) is 0.429. The predicted molar refractivity (Wildman–Crippen MR) is 74.4 cm³/mol. The fourth-order valence-electron chi connectivity index (χ4n) is 2.46. The standard InChI is InChI=1S/C14H17N5O2/c20-14(15-9-12-7-4-8-21-12)13(19-10-16-17-18-19)11-5-2-1-3-6-11/h1-3,5-6,10,12-13H,4,7-9H2,(H,15,20)/t12-,13-/m1/s1. The molecule has 110 valence electrons. The minimum atomic E-state index is -0.567. The average Bonchev–Trinajstić information content (AvgIpc) is 3.20. The van der Waals surface area contributed by atoms with Gasteiger partial charge in [0.25, 0.3) is 0 Å². The van der Waals surface area contributed by atoms with Crippen LogP contribution in [-0.2, 0) is 9.53 Å². The number of amides is 1. The van der Waals surface area contributed by atoms with Crippen LogP contribution in [0.25, 0.3) is 0 Å². The highest BCUT2D eigenvalue weighted by Crippen LogP contribution is 2.17. The molecular formula is C14H17N5O2. The Bertz CT molecular complexity index is 566. The Kier molecular flexibility index (Phi) is 4.20. The van der Waals surface area contributed by atoms with Gasteiger partial charge in [-0.05, 0) is 28.8 Å². The summed E-state index contributed by atoms with van der Waals surface area (Å²) in [6, 6.07) is 8.89. The molecule has 2 aromatic rings. The zero-order valence-electron chi connectivity index (χ0n) is 11.6. The molecule has 0 unspecified atom stereocenters. The first-order chi connectivity index (χ1) is 10.3. The summed E-state index contributed by atoms with van der Waals surface area (Å²) >= 11 is 0. The monoisotopic (exact) mass is 287 g/mol. The SMILES string of the molecule is O=C(NC[C@H]1CCCO1)[C@@H](c1ccccc1)n1cnnn1. The molecule has 1 saturated heterocycles. The minimum absolute atomic E-state index is 0.110. The molecule has 2 atom stereocenters. The summed E-state index contributed by atoms with van der Waals surface area (Å²) in [6.45, 7) is 1.29. The number of nitrogens with one attached hydrogen (secondary N) is 1. The summed E-state index contributed by atoms with van der Waals surface area (Å²) in [6.07, 6.45) is 3.60. The molecular weight excluding hydrogens is 270 g/mol. The largest absolute Gasteiger partial charge is 0.376 e. The van der Waals surface area contributed by atoms with Crippen molar-refractivity contribution in [2.75, 3.05) is 13.2 Å². The molecule has 0 bridgehead atoms. The Morgan fingerprint density at radius 1 is 1.43 bits per heavy atom. The van der Waals surface area contributed by atoms with Crippen LogP contribution in [0.5, 0.6) is 0 Å². The molecule has 7 nitrogen and oxygen atoms in total. The lowest BCUT2D eigenvalue weighted by Crippen LogP contribution is -2.38. The zero-order valence-corrected chi connectivity index (χ0v) is 11.6. The fourth-order valence-corrected chi connectivity index (χ4v) is 2.46. The second-order valence-electron chi connectivity index (χ2n) is 4.98. The van der Waals surface area contributed by atoms with Crippen molar-refractivity contribution >= 4 is 5.91 Å². The van der Waals surface area contributed by atoms with Crippen LogP contribution in [0.2, 0.25) is 0 Å². The number of tetrazole rings is 1. The van der Waals surface area contributed by atoms with Gasteiger partial charge in [-0.15, -0.1) is 5.10 Å². The second-order valence-corrected chi connectivity index (χ2v) is 4.98. The van der Waals surface area contributed by atoms with Gasteiger partial charge in [0.05, 0.1) is 6.10 Å². The molecule has 21 heavy (non-hydrogen) atoms. The maximum atomic E-state index is 12.5. The first-order valence-electron chi connectivity index (χ1n) is 7.01. The Morgan fingerprint density at radius 3 is 2.95 bits per heavy atom. The highest BCUT2D eigenvalue weighted by atomic mass is 16.5. The summed E-state index contributed by atoms with van der Waals surface area (Å²) in [5.41, 5.74) is 0.842. The van der Waals surface area contributed by atoms with Gasteiger partial charge in [0, 0.05) is 13.2 Å². The Hall–Kier alpha value is -2.28. The van der Waals surface area contributed by atoms with E-state index in [1.54, 1.807) is 0 Å². The van der Waals surface area contributed by atoms with Crippen molar-refractivity contribution in [1.29, 1.82) is 0 Å². The lowest BCUT2D eigenvalue weighted by Gasteiger charge is -2.18. The topological polar surface area (TPSA) is 81.9 Å². The van der Waals surface area contributed by atoms with E-state index in [1.165, 1.54) is 11.0 Å². The number of hydrogen-bond acceptors (Lipinski definition) is 5. The van der Waals surface area contributed by atoms with Crippen LogP contribution in [-0.4, -0.2) is 45.4 Å². The van der Waals surface area contributed by atoms with Gasteiger partial charge in [-0.25, -0.2) is 4.68 Å². The van der Waals surface area contributed by atoms with Crippen molar-refractivity contribution in [2.45, 2.75) is 25.0 Å². The number of carbonyl (C=O) groups is 1. The first-order valence-corrected chi connectivity index (χ1v) is 7.01. The van der Waals surface area contributed by atoms with Crippen molar-refractivity contribution in [3.63, 3.8) is 0 Å². The lowest BCUT2D eigenvalue weighted by atomic mass is 10.1. The number of hydrogen-bond donors (Lipinski definition) is 1. The summed E-state index contributed by atoms with van der Waals surface area (Å²) in [7, 11) is 0. The van der Waals surface area contributed by atoms with Gasteiger partial charge >= 0.3 is 0 Å². The molecule has 0 aliphatic carbocycles. The van der Waals surface area contributed by atoms with Crippen molar-refractivity contribution in [3.8, 4) is 0 Å². The number of ether oxygens (including phenoxy) is 1. The third-order valence-corrected chi connectivity index (χ3v) is 3.52. The van der Waals surface area contributed by atoms with Crippen molar-refractivity contribution in [3.05, 3.63) is 42.2 Å².